The molecule has 4 N–H and O–H groups in total. The molecule has 1 amide bonds. The molecule has 5 heteroatoms. The Balaban J connectivity index is 2.22. The third-order valence-electron chi connectivity index (χ3n) is 3.10. The van der Waals surface area contributed by atoms with Crippen molar-refractivity contribution >= 4 is 11.6 Å². The second-order valence-electron chi connectivity index (χ2n) is 5.03. The van der Waals surface area contributed by atoms with Crippen LogP contribution in [0.5, 0.6) is 0 Å². The SMILES string of the molecule is CN(C)c1ccc(C(=O)NNCCCCCCN)cc1. The van der Waals surface area contributed by atoms with Crippen molar-refractivity contribution in [2.45, 2.75) is 25.7 Å². The number of hydrazine groups is 1. The van der Waals surface area contributed by atoms with Crippen LogP contribution in [0.25, 0.3) is 0 Å². The fraction of sp³-hybridized carbons (Fsp3) is 0.533. The predicted octanol–water partition coefficient (Wildman–Crippen LogP) is 1.51. The maximum Gasteiger partial charge on any atom is 0.265 e. The van der Waals surface area contributed by atoms with E-state index >= 15 is 0 Å². The fourth-order valence-corrected chi connectivity index (χ4v) is 1.84. The number of anilines is 1. The summed E-state index contributed by atoms with van der Waals surface area (Å²) in [7, 11) is 3.95. The quantitative estimate of drug-likeness (QED) is 0.473. The van der Waals surface area contributed by atoms with Gasteiger partial charge in [-0.3, -0.25) is 10.2 Å². The number of nitrogens with two attached hydrogens (primary N) is 1. The van der Waals surface area contributed by atoms with Crippen LogP contribution in [-0.4, -0.2) is 33.1 Å². The van der Waals surface area contributed by atoms with Gasteiger partial charge in [0.2, 0.25) is 0 Å². The van der Waals surface area contributed by atoms with Gasteiger partial charge >= 0.3 is 0 Å². The third-order valence-corrected chi connectivity index (χ3v) is 3.10. The molecule has 1 aromatic rings. The first-order valence-corrected chi connectivity index (χ1v) is 7.16. The summed E-state index contributed by atoms with van der Waals surface area (Å²) in [6, 6.07) is 7.52. The molecule has 1 aromatic carbocycles. The zero-order valence-electron chi connectivity index (χ0n) is 12.5. The van der Waals surface area contributed by atoms with Crippen LogP contribution in [-0.2, 0) is 0 Å². The number of hydrogen-bond donors (Lipinski definition) is 3. The lowest BCUT2D eigenvalue weighted by Gasteiger charge is -2.12. The van der Waals surface area contributed by atoms with Crippen LogP contribution in [0.3, 0.4) is 0 Å². The number of carbonyl (C=O) groups excluding carboxylic acids is 1. The summed E-state index contributed by atoms with van der Waals surface area (Å²) in [6.07, 6.45) is 4.40. The average Bonchev–Trinajstić information content (AvgIpc) is 2.46. The molecule has 0 atom stereocenters. The summed E-state index contributed by atoms with van der Waals surface area (Å²) in [6.45, 7) is 1.54. The summed E-state index contributed by atoms with van der Waals surface area (Å²) in [5.74, 6) is -0.0998. The molecule has 0 heterocycles. The molecule has 0 aliphatic rings. The molecule has 1 rings (SSSR count). The molecule has 112 valence electrons. The van der Waals surface area contributed by atoms with Crippen LogP contribution in [0.2, 0.25) is 0 Å². The van der Waals surface area contributed by atoms with E-state index < -0.39 is 0 Å². The molecule has 0 fully saturated rings. The van der Waals surface area contributed by atoms with Crippen LogP contribution < -0.4 is 21.5 Å². The molecule has 20 heavy (non-hydrogen) atoms. The first-order chi connectivity index (χ1) is 9.65. The molecule has 0 aromatic heterocycles. The van der Waals surface area contributed by atoms with E-state index in [0.29, 0.717) is 5.56 Å². The lowest BCUT2D eigenvalue weighted by atomic mass is 10.2. The van der Waals surface area contributed by atoms with Gasteiger partial charge in [-0.05, 0) is 43.7 Å². The highest BCUT2D eigenvalue weighted by atomic mass is 16.2. The number of benzene rings is 1. The van der Waals surface area contributed by atoms with Gasteiger partial charge in [0.05, 0.1) is 0 Å². The van der Waals surface area contributed by atoms with Crippen LogP contribution in [0.4, 0.5) is 5.69 Å². The monoisotopic (exact) mass is 278 g/mol. The first kappa shape index (κ1) is 16.5. The summed E-state index contributed by atoms with van der Waals surface area (Å²) in [5, 5.41) is 0. The molecule has 0 aliphatic carbocycles. The molecule has 0 aliphatic heterocycles. The lowest BCUT2D eigenvalue weighted by molar-refractivity contribution is 0.0933. The Morgan fingerprint density at radius 3 is 2.35 bits per heavy atom. The third kappa shape index (κ3) is 6.04. The predicted molar refractivity (Wildman–Crippen MR) is 83.8 cm³/mol. The topological polar surface area (TPSA) is 70.4 Å². The van der Waals surface area contributed by atoms with E-state index in [1.165, 1.54) is 0 Å². The van der Waals surface area contributed by atoms with Crippen molar-refractivity contribution in [2.24, 2.45) is 5.73 Å². The Bertz CT molecular complexity index is 389. The van der Waals surface area contributed by atoms with E-state index in [1.807, 2.05) is 43.3 Å². The van der Waals surface area contributed by atoms with E-state index in [0.717, 1.165) is 44.5 Å². The number of nitrogens with one attached hydrogen (secondary N) is 2. The molecule has 0 radical (unpaired) electrons. The number of nitrogens with zero attached hydrogens (tertiary/aromatic N) is 1. The standard InChI is InChI=1S/C15H26N4O/c1-19(2)14-9-7-13(8-10-14)15(20)18-17-12-6-4-3-5-11-16/h7-10,17H,3-6,11-12,16H2,1-2H3,(H,18,20). The Labute approximate surface area is 121 Å². The molecule has 0 bridgehead atoms. The molecule has 0 unspecified atom stereocenters. The van der Waals surface area contributed by atoms with Gasteiger partial charge in [-0.25, -0.2) is 5.43 Å². The van der Waals surface area contributed by atoms with E-state index in [-0.39, 0.29) is 5.91 Å². The van der Waals surface area contributed by atoms with Crippen molar-refractivity contribution in [1.29, 1.82) is 0 Å². The summed E-state index contributed by atoms with van der Waals surface area (Å²) >= 11 is 0. The number of hydrogen-bond acceptors (Lipinski definition) is 4. The minimum atomic E-state index is -0.0998. The van der Waals surface area contributed by atoms with Gasteiger partial charge in [-0.1, -0.05) is 12.8 Å². The van der Waals surface area contributed by atoms with Crippen molar-refractivity contribution in [1.82, 2.24) is 10.9 Å². The second kappa shape index (κ2) is 9.34. The molecule has 0 spiro atoms. The Hall–Kier alpha value is -1.59. The van der Waals surface area contributed by atoms with Gasteiger partial charge in [0, 0.05) is 31.9 Å². The highest BCUT2D eigenvalue weighted by Crippen LogP contribution is 2.11. The molecule has 5 nitrogen and oxygen atoms in total. The van der Waals surface area contributed by atoms with Crippen LogP contribution >= 0.6 is 0 Å². The lowest BCUT2D eigenvalue weighted by Crippen LogP contribution is -2.37. The van der Waals surface area contributed by atoms with Gasteiger partial charge < -0.3 is 10.6 Å². The zero-order chi connectivity index (χ0) is 14.8. The van der Waals surface area contributed by atoms with Gasteiger partial charge in [0.15, 0.2) is 0 Å². The van der Waals surface area contributed by atoms with Crippen LogP contribution in [0.15, 0.2) is 24.3 Å². The van der Waals surface area contributed by atoms with E-state index in [4.69, 9.17) is 5.73 Å². The van der Waals surface area contributed by atoms with Crippen molar-refractivity contribution in [2.75, 3.05) is 32.1 Å². The highest BCUT2D eigenvalue weighted by molar-refractivity contribution is 5.94. The highest BCUT2D eigenvalue weighted by Gasteiger charge is 2.04. The van der Waals surface area contributed by atoms with Gasteiger partial charge in [0.1, 0.15) is 0 Å². The summed E-state index contributed by atoms with van der Waals surface area (Å²) in [4.78, 5) is 13.9. The normalized spacial score (nSPS) is 10.3. The Morgan fingerprint density at radius 1 is 1.10 bits per heavy atom. The number of unbranched alkanes of at least 4 members (excludes halogenated alkanes) is 3. The van der Waals surface area contributed by atoms with Crippen molar-refractivity contribution in [3.05, 3.63) is 29.8 Å². The minimum Gasteiger partial charge on any atom is -0.378 e. The number of amides is 1. The van der Waals surface area contributed by atoms with Gasteiger partial charge in [-0.15, -0.1) is 0 Å². The Kier molecular flexibility index (Phi) is 7.69. The maximum absolute atomic E-state index is 11.9. The fourth-order valence-electron chi connectivity index (χ4n) is 1.84. The second-order valence-corrected chi connectivity index (χ2v) is 5.03. The van der Waals surface area contributed by atoms with Crippen LogP contribution in [0.1, 0.15) is 36.0 Å². The summed E-state index contributed by atoms with van der Waals surface area (Å²) < 4.78 is 0. The average molecular weight is 278 g/mol. The Morgan fingerprint density at radius 2 is 1.75 bits per heavy atom. The van der Waals surface area contributed by atoms with Gasteiger partial charge in [0.25, 0.3) is 5.91 Å². The van der Waals surface area contributed by atoms with Crippen molar-refractivity contribution in [3.63, 3.8) is 0 Å². The number of carbonyl (C=O) groups is 1. The van der Waals surface area contributed by atoms with Crippen molar-refractivity contribution in [3.8, 4) is 0 Å². The van der Waals surface area contributed by atoms with E-state index in [2.05, 4.69) is 10.9 Å². The van der Waals surface area contributed by atoms with E-state index in [9.17, 15) is 4.79 Å². The molecule has 0 saturated carbocycles. The molecular weight excluding hydrogens is 252 g/mol. The maximum atomic E-state index is 11.9. The van der Waals surface area contributed by atoms with Crippen LogP contribution in [0, 0.1) is 0 Å². The smallest absolute Gasteiger partial charge is 0.265 e. The van der Waals surface area contributed by atoms with E-state index in [1.54, 1.807) is 0 Å². The van der Waals surface area contributed by atoms with Crippen molar-refractivity contribution < 1.29 is 4.79 Å². The summed E-state index contributed by atoms with van der Waals surface area (Å²) in [5.41, 5.74) is 12.8. The zero-order valence-corrected chi connectivity index (χ0v) is 12.5. The van der Waals surface area contributed by atoms with Gasteiger partial charge in [-0.2, -0.15) is 0 Å². The molecular formula is C15H26N4O. The minimum absolute atomic E-state index is 0.0998. The first-order valence-electron chi connectivity index (χ1n) is 7.16. The molecule has 0 saturated heterocycles. The number of rotatable bonds is 9. The largest absolute Gasteiger partial charge is 0.378 e.